The van der Waals surface area contributed by atoms with E-state index in [2.05, 4.69) is 16.6 Å². The molecule has 0 radical (unpaired) electrons. The first kappa shape index (κ1) is 19.9. The Morgan fingerprint density at radius 3 is 2.71 bits per heavy atom. The number of hydrogen-bond donors (Lipinski definition) is 1. The normalized spacial score (nSPS) is 16.9. The van der Waals surface area contributed by atoms with Crippen LogP contribution in [0.15, 0.2) is 58.4 Å². The van der Waals surface area contributed by atoms with Crippen LogP contribution < -0.4 is 9.46 Å². The molecule has 0 aromatic heterocycles. The summed E-state index contributed by atoms with van der Waals surface area (Å²) < 4.78 is 37.3. The predicted molar refractivity (Wildman–Crippen MR) is 105 cm³/mol. The molecule has 1 unspecified atom stereocenters. The number of rotatable bonds is 7. The highest BCUT2D eigenvalue weighted by molar-refractivity contribution is 7.90. The monoisotopic (exact) mass is 402 g/mol. The number of nitrogens with zero attached hydrogens (tertiary/aromatic N) is 1. The van der Waals surface area contributed by atoms with Crippen molar-refractivity contribution in [3.8, 4) is 5.75 Å². The van der Waals surface area contributed by atoms with Crippen molar-refractivity contribution in [3.05, 3.63) is 59.7 Å². The van der Waals surface area contributed by atoms with E-state index in [-0.39, 0.29) is 23.9 Å². The highest BCUT2D eigenvalue weighted by atomic mass is 32.2. The maximum absolute atomic E-state index is 12.2. The van der Waals surface area contributed by atoms with Crippen LogP contribution >= 0.6 is 0 Å². The third kappa shape index (κ3) is 4.51. The molecule has 8 heteroatoms. The summed E-state index contributed by atoms with van der Waals surface area (Å²) in [6.45, 7) is 3.91. The van der Waals surface area contributed by atoms with E-state index in [0.29, 0.717) is 5.56 Å². The van der Waals surface area contributed by atoms with Crippen molar-refractivity contribution in [2.24, 2.45) is 4.99 Å². The number of ether oxygens (including phenoxy) is 2. The van der Waals surface area contributed by atoms with Gasteiger partial charge in [-0.3, -0.25) is 9.71 Å². The second-order valence-electron chi connectivity index (χ2n) is 6.27. The van der Waals surface area contributed by atoms with E-state index in [1.54, 1.807) is 25.1 Å². The fourth-order valence-electron chi connectivity index (χ4n) is 2.75. The van der Waals surface area contributed by atoms with Crippen LogP contribution in [0.5, 0.6) is 5.75 Å². The Balaban J connectivity index is 1.55. The van der Waals surface area contributed by atoms with E-state index in [1.807, 2.05) is 24.3 Å². The van der Waals surface area contributed by atoms with Gasteiger partial charge in [0.05, 0.1) is 4.90 Å². The zero-order valence-electron chi connectivity index (χ0n) is 15.7. The molecule has 28 heavy (non-hydrogen) atoms. The second kappa shape index (κ2) is 8.43. The minimum atomic E-state index is -3.64. The molecule has 1 aliphatic rings. The SMILES string of the molecule is CCc1cccc(OCCOC(=O)C(C)N=C2NS(=O)(=O)c3ccccc32)c1. The summed E-state index contributed by atoms with van der Waals surface area (Å²) in [5.41, 5.74) is 1.61. The van der Waals surface area contributed by atoms with Crippen molar-refractivity contribution >= 4 is 21.8 Å². The lowest BCUT2D eigenvalue weighted by atomic mass is 10.2. The number of sulfonamides is 1. The average molecular weight is 402 g/mol. The molecule has 0 saturated carbocycles. The summed E-state index contributed by atoms with van der Waals surface area (Å²) >= 11 is 0. The molecule has 148 valence electrons. The van der Waals surface area contributed by atoms with Gasteiger partial charge in [0.25, 0.3) is 10.0 Å². The molecule has 2 aromatic rings. The number of aryl methyl sites for hydroxylation is 1. The molecule has 1 aliphatic heterocycles. The minimum Gasteiger partial charge on any atom is -0.490 e. The van der Waals surface area contributed by atoms with Gasteiger partial charge >= 0.3 is 5.97 Å². The molecular formula is C20H22N2O5S. The molecule has 1 N–H and O–H groups in total. The second-order valence-corrected chi connectivity index (χ2v) is 7.92. The average Bonchev–Trinajstić information content (AvgIpc) is 2.95. The molecule has 7 nitrogen and oxygen atoms in total. The fourth-order valence-corrected chi connectivity index (χ4v) is 3.99. The Kier molecular flexibility index (Phi) is 5.99. The summed E-state index contributed by atoms with van der Waals surface area (Å²) in [5, 5.41) is 0. The van der Waals surface area contributed by atoms with Crippen LogP contribution in [0.3, 0.4) is 0 Å². The van der Waals surface area contributed by atoms with Crippen LogP contribution in [-0.4, -0.2) is 39.5 Å². The molecular weight excluding hydrogens is 380 g/mol. The van der Waals surface area contributed by atoms with Crippen molar-refractivity contribution < 1.29 is 22.7 Å². The quantitative estimate of drug-likeness (QED) is 0.567. The van der Waals surface area contributed by atoms with E-state index in [0.717, 1.165) is 12.2 Å². The molecule has 1 atom stereocenters. The van der Waals surface area contributed by atoms with Gasteiger partial charge in [-0.15, -0.1) is 0 Å². The standard InChI is InChI=1S/C20H22N2O5S/c1-3-15-7-6-8-16(13-15)26-11-12-27-20(23)14(2)21-19-17-9-4-5-10-18(17)28(24,25)22-19/h4-10,13-14H,3,11-12H2,1-2H3,(H,21,22). The molecule has 0 aliphatic carbocycles. The maximum Gasteiger partial charge on any atom is 0.330 e. The van der Waals surface area contributed by atoms with Crippen molar-refractivity contribution in [1.82, 2.24) is 4.72 Å². The summed E-state index contributed by atoms with van der Waals surface area (Å²) in [7, 11) is -3.64. The Morgan fingerprint density at radius 2 is 1.93 bits per heavy atom. The lowest BCUT2D eigenvalue weighted by molar-refractivity contribution is -0.145. The first-order valence-electron chi connectivity index (χ1n) is 8.99. The smallest absolute Gasteiger partial charge is 0.330 e. The molecule has 0 fully saturated rings. The number of carbonyl (C=O) groups excluding carboxylic acids is 1. The van der Waals surface area contributed by atoms with Crippen molar-refractivity contribution in [2.45, 2.75) is 31.2 Å². The first-order chi connectivity index (χ1) is 13.4. The molecule has 0 amide bonds. The topological polar surface area (TPSA) is 94.1 Å². The molecule has 2 aromatic carbocycles. The lowest BCUT2D eigenvalue weighted by Crippen LogP contribution is -2.27. The van der Waals surface area contributed by atoms with Crippen LogP contribution in [-0.2, 0) is 26.0 Å². The number of hydrogen-bond acceptors (Lipinski definition) is 6. The zero-order chi connectivity index (χ0) is 20.1. The van der Waals surface area contributed by atoms with Crippen molar-refractivity contribution in [2.75, 3.05) is 13.2 Å². The Labute approximate surface area is 164 Å². The number of nitrogens with one attached hydrogen (secondary N) is 1. The molecule has 0 bridgehead atoms. The van der Waals surface area contributed by atoms with Crippen molar-refractivity contribution in [1.29, 1.82) is 0 Å². The Bertz CT molecular complexity index is 1000. The number of aliphatic imine (C=N–C) groups is 1. The summed E-state index contributed by atoms with van der Waals surface area (Å²) in [5.74, 6) is 0.315. The minimum absolute atomic E-state index is 0.0761. The number of fused-ring (bicyclic) bond motifs is 1. The summed E-state index contributed by atoms with van der Waals surface area (Å²) in [6.07, 6.45) is 0.914. The van der Waals surface area contributed by atoms with Gasteiger partial charge in [-0.1, -0.05) is 31.2 Å². The van der Waals surface area contributed by atoms with Crippen LogP contribution in [0, 0.1) is 0 Å². The van der Waals surface area contributed by atoms with E-state index in [9.17, 15) is 13.2 Å². The van der Waals surface area contributed by atoms with Gasteiger partial charge in [-0.25, -0.2) is 13.2 Å². The predicted octanol–water partition coefficient (Wildman–Crippen LogP) is 2.30. The van der Waals surface area contributed by atoms with Crippen LogP contribution in [0.4, 0.5) is 0 Å². The number of esters is 1. The van der Waals surface area contributed by atoms with Crippen LogP contribution in [0.25, 0.3) is 0 Å². The lowest BCUT2D eigenvalue weighted by Gasteiger charge is -2.10. The maximum atomic E-state index is 12.2. The van der Waals surface area contributed by atoms with Gasteiger partial charge in [-0.2, -0.15) is 0 Å². The van der Waals surface area contributed by atoms with E-state index in [4.69, 9.17) is 9.47 Å². The summed E-state index contributed by atoms with van der Waals surface area (Å²) in [6, 6.07) is 13.4. The van der Waals surface area contributed by atoms with Gasteiger partial charge in [0.2, 0.25) is 0 Å². The molecule has 1 heterocycles. The molecule has 0 spiro atoms. The van der Waals surface area contributed by atoms with Gasteiger partial charge in [-0.05, 0) is 43.2 Å². The van der Waals surface area contributed by atoms with Gasteiger partial charge in [0, 0.05) is 5.56 Å². The van der Waals surface area contributed by atoms with E-state index >= 15 is 0 Å². The van der Waals surface area contributed by atoms with Gasteiger partial charge < -0.3 is 9.47 Å². The van der Waals surface area contributed by atoms with E-state index < -0.39 is 22.0 Å². The summed E-state index contributed by atoms with van der Waals surface area (Å²) in [4.78, 5) is 16.5. The number of carbonyl (C=O) groups is 1. The third-order valence-electron chi connectivity index (χ3n) is 4.23. The van der Waals surface area contributed by atoms with Gasteiger partial charge in [0.15, 0.2) is 0 Å². The Hall–Kier alpha value is -2.87. The van der Waals surface area contributed by atoms with Gasteiger partial charge in [0.1, 0.15) is 30.8 Å². The van der Waals surface area contributed by atoms with Crippen LogP contribution in [0.1, 0.15) is 25.0 Å². The van der Waals surface area contributed by atoms with E-state index in [1.165, 1.54) is 11.6 Å². The highest BCUT2D eigenvalue weighted by Gasteiger charge is 2.31. The Morgan fingerprint density at radius 1 is 1.14 bits per heavy atom. The van der Waals surface area contributed by atoms with Crippen LogP contribution in [0.2, 0.25) is 0 Å². The number of benzene rings is 2. The largest absolute Gasteiger partial charge is 0.490 e. The molecule has 0 saturated heterocycles. The third-order valence-corrected chi connectivity index (χ3v) is 5.63. The fraction of sp³-hybridized carbons (Fsp3) is 0.300. The first-order valence-corrected chi connectivity index (χ1v) is 10.5. The van der Waals surface area contributed by atoms with Crippen molar-refractivity contribution in [3.63, 3.8) is 0 Å². The highest BCUT2D eigenvalue weighted by Crippen LogP contribution is 2.22. The zero-order valence-corrected chi connectivity index (χ0v) is 16.5. The number of amidine groups is 1. The molecule has 3 rings (SSSR count).